The third kappa shape index (κ3) is 4.35. The third-order valence-electron chi connectivity index (χ3n) is 3.06. The van der Waals surface area contributed by atoms with Gasteiger partial charge in [0.1, 0.15) is 5.69 Å². The Morgan fingerprint density at radius 1 is 1.32 bits per heavy atom. The molecule has 0 bridgehead atoms. The first kappa shape index (κ1) is 16.6. The molecule has 0 amide bonds. The van der Waals surface area contributed by atoms with Crippen LogP contribution in [0.25, 0.3) is 0 Å². The van der Waals surface area contributed by atoms with E-state index >= 15 is 0 Å². The van der Waals surface area contributed by atoms with Gasteiger partial charge in [0.25, 0.3) is 0 Å². The smallest absolute Gasteiger partial charge is 0.356 e. The Balaban J connectivity index is 1.90. The van der Waals surface area contributed by atoms with Crippen LogP contribution in [-0.4, -0.2) is 29.0 Å². The second kappa shape index (κ2) is 8.00. The van der Waals surface area contributed by atoms with Crippen molar-refractivity contribution in [1.29, 1.82) is 0 Å². The Bertz CT molecular complexity index is 610. The van der Waals surface area contributed by atoms with Gasteiger partial charge in [-0.15, -0.1) is 0 Å². The van der Waals surface area contributed by atoms with Crippen LogP contribution in [0.3, 0.4) is 0 Å². The summed E-state index contributed by atoms with van der Waals surface area (Å²) in [5.74, 6) is -0.363. The van der Waals surface area contributed by atoms with Gasteiger partial charge in [0.2, 0.25) is 0 Å². The minimum Gasteiger partial charge on any atom is -0.461 e. The fourth-order valence-corrected chi connectivity index (χ4v) is 2.55. The molecule has 0 N–H and O–H groups in total. The highest BCUT2D eigenvalue weighted by Crippen LogP contribution is 2.21. The standard InChI is InChI=1S/C16H20N2O3S/c1-4-20-16(19)15-9-10-17-18(15)13(3)11-21-22-14-7-5-12(2)6-8-14/h5-10,13H,4,11H2,1-3H3. The lowest BCUT2D eigenvalue weighted by Crippen LogP contribution is -2.19. The van der Waals surface area contributed by atoms with Crippen molar-refractivity contribution in [3.05, 3.63) is 47.8 Å². The molecule has 0 saturated carbocycles. The molecular formula is C16H20N2O3S. The Morgan fingerprint density at radius 2 is 2.05 bits per heavy atom. The van der Waals surface area contributed by atoms with Crippen molar-refractivity contribution >= 4 is 18.0 Å². The van der Waals surface area contributed by atoms with Gasteiger partial charge in [-0.05, 0) is 39.0 Å². The highest BCUT2D eigenvalue weighted by atomic mass is 32.2. The van der Waals surface area contributed by atoms with Crippen LogP contribution in [0, 0.1) is 6.92 Å². The number of ether oxygens (including phenoxy) is 1. The Morgan fingerprint density at radius 3 is 2.73 bits per heavy atom. The molecule has 2 rings (SSSR count). The average molecular weight is 320 g/mol. The molecule has 0 aliphatic rings. The topological polar surface area (TPSA) is 53.3 Å². The van der Waals surface area contributed by atoms with Crippen LogP contribution in [0.5, 0.6) is 0 Å². The summed E-state index contributed by atoms with van der Waals surface area (Å²) in [5, 5.41) is 4.18. The number of benzene rings is 1. The molecule has 1 aromatic heterocycles. The van der Waals surface area contributed by atoms with E-state index in [-0.39, 0.29) is 12.0 Å². The first-order valence-corrected chi connectivity index (χ1v) is 7.92. The number of hydrogen-bond donors (Lipinski definition) is 0. The Hall–Kier alpha value is -1.79. The van der Waals surface area contributed by atoms with E-state index in [0.29, 0.717) is 18.9 Å². The van der Waals surface area contributed by atoms with Crippen LogP contribution in [0.2, 0.25) is 0 Å². The molecular weight excluding hydrogens is 300 g/mol. The zero-order chi connectivity index (χ0) is 15.9. The first-order chi connectivity index (χ1) is 10.6. The molecule has 1 heterocycles. The van der Waals surface area contributed by atoms with Gasteiger partial charge in [0.05, 0.1) is 19.3 Å². The summed E-state index contributed by atoms with van der Waals surface area (Å²) in [6, 6.07) is 9.71. The predicted octanol–water partition coefficient (Wildman–Crippen LogP) is 3.65. The quantitative estimate of drug-likeness (QED) is 0.576. The molecule has 0 spiro atoms. The van der Waals surface area contributed by atoms with Crippen LogP contribution in [0.4, 0.5) is 0 Å². The summed E-state index contributed by atoms with van der Waals surface area (Å²) in [4.78, 5) is 12.9. The molecule has 118 valence electrons. The average Bonchev–Trinajstić information content (AvgIpc) is 2.99. The summed E-state index contributed by atoms with van der Waals surface area (Å²) in [6.45, 7) is 6.56. The number of aromatic nitrogens is 2. The molecule has 5 nitrogen and oxygen atoms in total. The maximum atomic E-state index is 11.8. The number of nitrogens with zero attached hydrogens (tertiary/aromatic N) is 2. The second-order valence-corrected chi connectivity index (χ2v) is 5.79. The molecule has 2 aromatic rings. The van der Waals surface area contributed by atoms with Gasteiger partial charge in [-0.25, -0.2) is 4.79 Å². The van der Waals surface area contributed by atoms with Gasteiger partial charge < -0.3 is 8.92 Å². The molecule has 0 saturated heterocycles. The number of rotatable bonds is 7. The number of aryl methyl sites for hydroxylation is 1. The van der Waals surface area contributed by atoms with E-state index in [2.05, 4.69) is 5.10 Å². The van der Waals surface area contributed by atoms with Crippen molar-refractivity contribution in [3.8, 4) is 0 Å². The summed E-state index contributed by atoms with van der Waals surface area (Å²) in [7, 11) is 0. The number of carbonyl (C=O) groups is 1. The molecule has 1 aromatic carbocycles. The van der Waals surface area contributed by atoms with Crippen molar-refractivity contribution in [3.63, 3.8) is 0 Å². The van der Waals surface area contributed by atoms with Gasteiger partial charge in [-0.3, -0.25) is 4.68 Å². The van der Waals surface area contributed by atoms with Crippen LogP contribution >= 0.6 is 12.0 Å². The van der Waals surface area contributed by atoms with Crippen molar-refractivity contribution < 1.29 is 13.7 Å². The number of hydrogen-bond acceptors (Lipinski definition) is 5. The van der Waals surface area contributed by atoms with E-state index in [1.807, 2.05) is 38.1 Å². The van der Waals surface area contributed by atoms with Gasteiger partial charge in [0.15, 0.2) is 0 Å². The molecule has 22 heavy (non-hydrogen) atoms. The van der Waals surface area contributed by atoms with E-state index in [1.165, 1.54) is 17.6 Å². The highest BCUT2D eigenvalue weighted by molar-refractivity contribution is 7.94. The molecule has 0 radical (unpaired) electrons. The number of carbonyl (C=O) groups excluding carboxylic acids is 1. The monoisotopic (exact) mass is 320 g/mol. The van der Waals surface area contributed by atoms with Crippen LogP contribution in [0.1, 0.15) is 35.9 Å². The fourth-order valence-electron chi connectivity index (χ4n) is 1.90. The molecule has 1 atom stereocenters. The SMILES string of the molecule is CCOC(=O)c1ccnn1C(C)COSc1ccc(C)cc1. The zero-order valence-electron chi connectivity index (χ0n) is 13.0. The lowest BCUT2D eigenvalue weighted by Gasteiger charge is -2.14. The Kier molecular flexibility index (Phi) is 6.03. The maximum Gasteiger partial charge on any atom is 0.356 e. The van der Waals surface area contributed by atoms with E-state index in [1.54, 1.807) is 23.9 Å². The lowest BCUT2D eigenvalue weighted by atomic mass is 10.2. The third-order valence-corrected chi connectivity index (χ3v) is 3.78. The van der Waals surface area contributed by atoms with Crippen molar-refractivity contribution in [2.24, 2.45) is 0 Å². The summed E-state index contributed by atoms with van der Waals surface area (Å²) < 4.78 is 12.3. The lowest BCUT2D eigenvalue weighted by molar-refractivity contribution is 0.0507. The zero-order valence-corrected chi connectivity index (χ0v) is 13.8. The fraction of sp³-hybridized carbons (Fsp3) is 0.375. The largest absolute Gasteiger partial charge is 0.461 e. The molecule has 0 aliphatic heterocycles. The molecule has 0 aliphatic carbocycles. The van der Waals surface area contributed by atoms with Crippen LogP contribution in [0.15, 0.2) is 41.4 Å². The van der Waals surface area contributed by atoms with Crippen molar-refractivity contribution in [2.75, 3.05) is 13.2 Å². The minimum atomic E-state index is -0.363. The van der Waals surface area contributed by atoms with Gasteiger partial charge in [-0.1, -0.05) is 17.7 Å². The normalized spacial score (nSPS) is 12.1. The van der Waals surface area contributed by atoms with E-state index in [0.717, 1.165) is 4.90 Å². The van der Waals surface area contributed by atoms with Gasteiger partial charge >= 0.3 is 5.97 Å². The summed E-state index contributed by atoms with van der Waals surface area (Å²) >= 11 is 1.32. The van der Waals surface area contributed by atoms with Gasteiger partial charge in [0, 0.05) is 23.1 Å². The highest BCUT2D eigenvalue weighted by Gasteiger charge is 2.17. The minimum absolute atomic E-state index is 0.0626. The second-order valence-electron chi connectivity index (χ2n) is 4.91. The molecule has 6 heteroatoms. The van der Waals surface area contributed by atoms with Gasteiger partial charge in [-0.2, -0.15) is 5.10 Å². The number of esters is 1. The van der Waals surface area contributed by atoms with E-state index in [4.69, 9.17) is 8.92 Å². The summed E-state index contributed by atoms with van der Waals surface area (Å²) in [6.07, 6.45) is 1.59. The van der Waals surface area contributed by atoms with E-state index in [9.17, 15) is 4.79 Å². The Labute approximate surface area is 134 Å². The molecule has 1 unspecified atom stereocenters. The van der Waals surface area contributed by atoms with Crippen LogP contribution < -0.4 is 0 Å². The van der Waals surface area contributed by atoms with Crippen LogP contribution in [-0.2, 0) is 8.92 Å². The van der Waals surface area contributed by atoms with Crippen molar-refractivity contribution in [2.45, 2.75) is 31.7 Å². The molecule has 0 fully saturated rings. The summed E-state index contributed by atoms with van der Waals surface area (Å²) in [5.41, 5.74) is 1.66. The van der Waals surface area contributed by atoms with E-state index < -0.39 is 0 Å². The van der Waals surface area contributed by atoms with Crippen molar-refractivity contribution in [1.82, 2.24) is 9.78 Å². The maximum absolute atomic E-state index is 11.8. The predicted molar refractivity (Wildman–Crippen MR) is 85.9 cm³/mol. The first-order valence-electron chi connectivity index (χ1n) is 7.18.